The maximum Gasteiger partial charge on any atom is 0.363 e. The summed E-state index contributed by atoms with van der Waals surface area (Å²) < 4.78 is 0. The number of hydroxylamine groups is 2. The predicted molar refractivity (Wildman–Crippen MR) is 58.6 cm³/mol. The van der Waals surface area contributed by atoms with Crippen molar-refractivity contribution in [3.63, 3.8) is 0 Å². The van der Waals surface area contributed by atoms with E-state index in [-0.39, 0.29) is 0 Å². The largest absolute Gasteiger partial charge is 0.363 e. The van der Waals surface area contributed by atoms with Crippen LogP contribution in [0.2, 0.25) is 0 Å². The van der Waals surface area contributed by atoms with E-state index in [9.17, 15) is 4.79 Å². The van der Waals surface area contributed by atoms with Crippen molar-refractivity contribution >= 4 is 24.4 Å². The van der Waals surface area contributed by atoms with Crippen molar-refractivity contribution in [2.75, 3.05) is 7.05 Å². The van der Waals surface area contributed by atoms with Crippen LogP contribution in [0.25, 0.3) is 0 Å². The van der Waals surface area contributed by atoms with E-state index in [4.69, 9.17) is 17.8 Å². The minimum atomic E-state index is -0.627. The van der Waals surface area contributed by atoms with Crippen LogP contribution in [-0.4, -0.2) is 39.1 Å². The number of hydrazine groups is 2. The minimum Gasteiger partial charge on any atom is -0.285 e. The zero-order chi connectivity index (χ0) is 11.9. The number of aliphatic imine (C=N–C) groups is 1. The number of allylic oxidation sites excluding steroid dienone is 1. The fourth-order valence-corrected chi connectivity index (χ4v) is 1.62. The highest BCUT2D eigenvalue weighted by molar-refractivity contribution is 7.84. The number of carbonyl (C=O) groups is 1. The second kappa shape index (κ2) is 3.74. The summed E-state index contributed by atoms with van der Waals surface area (Å²) in [7, 11) is 1.23. The molecule has 0 unspecified atom stereocenters. The molecular weight excluding hydrogens is 230 g/mol. The maximum atomic E-state index is 11.4. The Bertz CT molecular complexity index is 428. The second-order valence-corrected chi connectivity index (χ2v) is 3.75. The Hall–Kier alpha value is -1.64. The third kappa shape index (κ3) is 1.73. The molecule has 85 valence electrons. The van der Waals surface area contributed by atoms with Crippen molar-refractivity contribution in [3.8, 4) is 0 Å². The number of hydrogen-bond donors (Lipinski definition) is 2. The number of urea groups is 1. The van der Waals surface area contributed by atoms with Gasteiger partial charge in [0.25, 0.3) is 0 Å². The molecule has 0 saturated heterocycles. The molecular formula is C8H10N5O2S. The Morgan fingerprint density at radius 2 is 2.38 bits per heavy atom. The molecule has 0 aromatic carbocycles. The van der Waals surface area contributed by atoms with Crippen LogP contribution in [0.5, 0.6) is 0 Å². The van der Waals surface area contributed by atoms with Gasteiger partial charge in [0, 0.05) is 12.8 Å². The fourth-order valence-electron chi connectivity index (χ4n) is 1.31. The van der Waals surface area contributed by atoms with Gasteiger partial charge in [-0.15, -0.1) is 5.53 Å². The van der Waals surface area contributed by atoms with Gasteiger partial charge in [0.15, 0.2) is 5.82 Å². The molecule has 0 aromatic heterocycles. The number of carbonyl (C=O) groups excluding carboxylic acids is 1. The third-order valence-electron chi connectivity index (χ3n) is 2.01. The molecule has 2 N–H and O–H groups in total. The van der Waals surface area contributed by atoms with Gasteiger partial charge in [-0.3, -0.25) is 5.21 Å². The lowest BCUT2D eigenvalue weighted by Gasteiger charge is -2.24. The smallest absolute Gasteiger partial charge is 0.285 e. The molecule has 2 aliphatic heterocycles. The van der Waals surface area contributed by atoms with E-state index >= 15 is 0 Å². The summed E-state index contributed by atoms with van der Waals surface area (Å²) in [6.45, 7) is 1.81. The van der Waals surface area contributed by atoms with Crippen LogP contribution < -0.4 is 5.53 Å². The van der Waals surface area contributed by atoms with Crippen molar-refractivity contribution in [1.82, 2.24) is 20.6 Å². The van der Waals surface area contributed by atoms with Gasteiger partial charge in [0.2, 0.25) is 0 Å². The summed E-state index contributed by atoms with van der Waals surface area (Å²) in [5, 5.41) is 12.6. The summed E-state index contributed by atoms with van der Waals surface area (Å²) in [4.78, 5) is 15.6. The summed E-state index contributed by atoms with van der Waals surface area (Å²) in [6, 6.07) is -0.627. The Balaban J connectivity index is 2.24. The molecule has 2 heterocycles. The lowest BCUT2D eigenvalue weighted by atomic mass is 10.3. The lowest BCUT2D eigenvalue weighted by Crippen LogP contribution is -2.46. The van der Waals surface area contributed by atoms with Gasteiger partial charge in [0.05, 0.1) is 6.20 Å². The number of amides is 2. The van der Waals surface area contributed by atoms with Gasteiger partial charge < -0.3 is 0 Å². The highest BCUT2D eigenvalue weighted by Crippen LogP contribution is 2.24. The standard InChI is InChI=1S/C8H10N5O2S/c1-5-3-7(16)13-6(9-5)4-12(10-13)8(14)11(2)15/h3-4,10,15H,1-2H3. The van der Waals surface area contributed by atoms with Gasteiger partial charge >= 0.3 is 6.03 Å². The van der Waals surface area contributed by atoms with Crippen LogP contribution in [0, 0.1) is 0 Å². The molecule has 0 fully saturated rings. The molecule has 2 amide bonds. The van der Waals surface area contributed by atoms with E-state index in [1.54, 1.807) is 6.08 Å². The van der Waals surface area contributed by atoms with Gasteiger partial charge in [-0.2, -0.15) is 0 Å². The Morgan fingerprint density at radius 1 is 1.69 bits per heavy atom. The van der Waals surface area contributed by atoms with Gasteiger partial charge in [-0.05, 0) is 13.0 Å². The zero-order valence-electron chi connectivity index (χ0n) is 8.71. The van der Waals surface area contributed by atoms with Crippen LogP contribution in [0.3, 0.4) is 0 Å². The van der Waals surface area contributed by atoms with Crippen molar-refractivity contribution in [2.45, 2.75) is 6.92 Å². The van der Waals surface area contributed by atoms with Crippen LogP contribution in [0.15, 0.2) is 28.1 Å². The quantitative estimate of drug-likeness (QED) is 0.485. The lowest BCUT2D eigenvalue weighted by molar-refractivity contribution is -0.0367. The van der Waals surface area contributed by atoms with Crippen molar-refractivity contribution < 1.29 is 10.0 Å². The molecule has 16 heavy (non-hydrogen) atoms. The highest BCUT2D eigenvalue weighted by Gasteiger charge is 2.30. The second-order valence-electron chi connectivity index (χ2n) is 3.33. The predicted octanol–water partition coefficient (Wildman–Crippen LogP) is 0.777. The molecule has 0 saturated carbocycles. The fraction of sp³-hybridized carbons (Fsp3) is 0.250. The van der Waals surface area contributed by atoms with Gasteiger partial charge in [-0.25, -0.2) is 24.9 Å². The van der Waals surface area contributed by atoms with E-state index < -0.39 is 6.03 Å². The van der Waals surface area contributed by atoms with Crippen LogP contribution in [0.1, 0.15) is 6.92 Å². The number of rotatable bonds is 0. The first kappa shape index (κ1) is 10.9. The molecule has 0 bridgehead atoms. The van der Waals surface area contributed by atoms with Crippen LogP contribution in [-0.2, 0) is 0 Å². The highest BCUT2D eigenvalue weighted by atomic mass is 32.1. The average molecular weight is 240 g/mol. The summed E-state index contributed by atoms with van der Waals surface area (Å²) in [6.07, 6.45) is 3.16. The molecule has 8 heteroatoms. The molecule has 2 aliphatic rings. The molecule has 7 nitrogen and oxygen atoms in total. The number of hydrogen-bond acceptors (Lipinski definition) is 5. The molecule has 0 aromatic rings. The Morgan fingerprint density at radius 3 is 3.00 bits per heavy atom. The molecule has 1 radical (unpaired) electrons. The van der Waals surface area contributed by atoms with Gasteiger partial charge in [-0.1, -0.05) is 12.6 Å². The van der Waals surface area contributed by atoms with Crippen LogP contribution in [0.4, 0.5) is 4.79 Å². The SMILES string of the molecule is CC1=NC2=CN(C(=O)N(C)O)NN2C([S])=C1. The summed E-state index contributed by atoms with van der Waals surface area (Å²) in [5.41, 5.74) is 3.45. The van der Waals surface area contributed by atoms with E-state index in [0.717, 1.165) is 10.7 Å². The van der Waals surface area contributed by atoms with Crippen molar-refractivity contribution in [3.05, 3.63) is 23.1 Å². The van der Waals surface area contributed by atoms with E-state index in [1.165, 1.54) is 18.3 Å². The van der Waals surface area contributed by atoms with Gasteiger partial charge in [0.1, 0.15) is 5.03 Å². The molecule has 0 spiro atoms. The molecule has 0 aliphatic carbocycles. The van der Waals surface area contributed by atoms with E-state index in [1.807, 2.05) is 6.92 Å². The number of nitrogens with one attached hydrogen (secondary N) is 1. The maximum absolute atomic E-state index is 11.4. The summed E-state index contributed by atoms with van der Waals surface area (Å²) >= 11 is 5.10. The van der Waals surface area contributed by atoms with E-state index in [0.29, 0.717) is 15.9 Å². The number of nitrogens with zero attached hydrogens (tertiary/aromatic N) is 4. The minimum absolute atomic E-state index is 0.464. The molecule has 2 rings (SSSR count). The summed E-state index contributed by atoms with van der Waals surface area (Å²) in [5.74, 6) is 0.514. The third-order valence-corrected chi connectivity index (χ3v) is 2.31. The Kier molecular flexibility index (Phi) is 2.54. The average Bonchev–Trinajstić information content (AvgIpc) is 2.60. The first-order valence-electron chi connectivity index (χ1n) is 4.47. The van der Waals surface area contributed by atoms with Crippen molar-refractivity contribution in [2.24, 2.45) is 4.99 Å². The first-order valence-corrected chi connectivity index (χ1v) is 4.88. The van der Waals surface area contributed by atoms with Crippen molar-refractivity contribution in [1.29, 1.82) is 0 Å². The topological polar surface area (TPSA) is 71.4 Å². The zero-order valence-corrected chi connectivity index (χ0v) is 9.52. The van der Waals surface area contributed by atoms with E-state index in [2.05, 4.69) is 10.5 Å². The first-order chi connectivity index (χ1) is 7.49. The monoisotopic (exact) mass is 240 g/mol. The number of fused-ring (bicyclic) bond motifs is 1. The molecule has 0 atom stereocenters. The Labute approximate surface area is 97.6 Å². The van der Waals surface area contributed by atoms with Crippen LogP contribution >= 0.6 is 12.6 Å². The normalized spacial score (nSPS) is 18.8.